The van der Waals surface area contributed by atoms with Gasteiger partial charge in [0.2, 0.25) is 5.78 Å². The molecule has 0 unspecified atom stereocenters. The molecule has 0 radical (unpaired) electrons. The lowest BCUT2D eigenvalue weighted by Gasteiger charge is -2.21. The van der Waals surface area contributed by atoms with Crippen molar-refractivity contribution in [2.45, 2.75) is 38.2 Å². The van der Waals surface area contributed by atoms with Crippen molar-refractivity contribution in [1.29, 1.82) is 0 Å². The van der Waals surface area contributed by atoms with E-state index in [0.29, 0.717) is 23.5 Å². The van der Waals surface area contributed by atoms with Gasteiger partial charge in [-0.1, -0.05) is 23.9 Å². The summed E-state index contributed by atoms with van der Waals surface area (Å²) >= 11 is 1.55. The first kappa shape index (κ1) is 23.1. The van der Waals surface area contributed by atoms with Crippen LogP contribution >= 0.6 is 11.8 Å². The third kappa shape index (κ3) is 3.97. The van der Waals surface area contributed by atoms with Gasteiger partial charge in [-0.15, -0.1) is 20.4 Å². The third-order valence-corrected chi connectivity index (χ3v) is 7.33. The van der Waals surface area contributed by atoms with Crippen LogP contribution in [-0.2, 0) is 19.3 Å². The monoisotopic (exact) mass is 488 g/mol. The zero-order chi connectivity index (χ0) is 24.5. The van der Waals surface area contributed by atoms with Gasteiger partial charge in [-0.2, -0.15) is 0 Å². The standard InChI is InChI=1S/C25H28N8OS/c1-5-31(6-2)18-14-12-17(13-15-18)22-27-29-25(30(22)4)35-16-21-26-28-24-32(7-3)23(34)19-10-8-9-11-20(19)33(21)24/h8-15H,5-7,16H2,1-4H3. The highest BCUT2D eigenvalue weighted by atomic mass is 32.2. The Kier molecular flexibility index (Phi) is 6.29. The number of aryl methyl sites for hydroxylation is 1. The smallest absolute Gasteiger partial charge is 0.262 e. The fourth-order valence-electron chi connectivity index (χ4n) is 4.42. The minimum Gasteiger partial charge on any atom is -0.372 e. The molecule has 0 saturated heterocycles. The van der Waals surface area contributed by atoms with Crippen LogP contribution in [0.2, 0.25) is 0 Å². The van der Waals surface area contributed by atoms with Gasteiger partial charge in [0.1, 0.15) is 5.82 Å². The van der Waals surface area contributed by atoms with Crippen molar-refractivity contribution in [1.82, 2.24) is 33.9 Å². The number of para-hydroxylation sites is 1. The molecule has 35 heavy (non-hydrogen) atoms. The molecular formula is C25H28N8OS. The van der Waals surface area contributed by atoms with Crippen LogP contribution in [0.3, 0.4) is 0 Å². The van der Waals surface area contributed by atoms with Gasteiger partial charge in [-0.3, -0.25) is 13.8 Å². The van der Waals surface area contributed by atoms with Crippen LogP contribution < -0.4 is 10.5 Å². The van der Waals surface area contributed by atoms with Crippen LogP contribution in [0.1, 0.15) is 26.6 Å². The van der Waals surface area contributed by atoms with E-state index < -0.39 is 0 Å². The maximum absolute atomic E-state index is 12.9. The lowest BCUT2D eigenvalue weighted by atomic mass is 10.2. The van der Waals surface area contributed by atoms with Crippen LogP contribution in [0.15, 0.2) is 58.5 Å². The average molecular weight is 489 g/mol. The first-order valence-electron chi connectivity index (χ1n) is 11.8. The Balaban J connectivity index is 1.44. The molecule has 3 heterocycles. The fraction of sp³-hybridized carbons (Fsp3) is 0.320. The van der Waals surface area contributed by atoms with Crippen molar-refractivity contribution in [3.05, 3.63) is 64.7 Å². The summed E-state index contributed by atoms with van der Waals surface area (Å²) in [6.07, 6.45) is 0. The summed E-state index contributed by atoms with van der Waals surface area (Å²) in [6, 6.07) is 16.0. The van der Waals surface area contributed by atoms with E-state index in [0.717, 1.165) is 41.0 Å². The maximum atomic E-state index is 12.9. The summed E-state index contributed by atoms with van der Waals surface area (Å²) in [4.78, 5) is 15.2. The normalized spacial score (nSPS) is 11.5. The van der Waals surface area contributed by atoms with Crippen molar-refractivity contribution < 1.29 is 0 Å². The van der Waals surface area contributed by atoms with Gasteiger partial charge in [0.15, 0.2) is 11.0 Å². The molecule has 9 nitrogen and oxygen atoms in total. The number of anilines is 1. The van der Waals surface area contributed by atoms with E-state index in [2.05, 4.69) is 63.4 Å². The molecule has 5 aromatic rings. The number of thioether (sulfide) groups is 1. The SMILES string of the molecule is CCN(CC)c1ccc(-c2nnc(SCc3nnc4n(CC)c(=O)c5ccccc5n34)n2C)cc1. The number of benzene rings is 2. The molecule has 0 amide bonds. The highest BCUT2D eigenvalue weighted by Crippen LogP contribution is 2.27. The minimum absolute atomic E-state index is 0.0489. The van der Waals surface area contributed by atoms with E-state index >= 15 is 0 Å². The number of aromatic nitrogens is 7. The molecule has 0 saturated carbocycles. The molecule has 2 aromatic carbocycles. The van der Waals surface area contributed by atoms with E-state index in [1.807, 2.05) is 47.2 Å². The predicted octanol–water partition coefficient (Wildman–Crippen LogP) is 4.00. The van der Waals surface area contributed by atoms with E-state index in [4.69, 9.17) is 0 Å². The second-order valence-electron chi connectivity index (χ2n) is 8.19. The number of hydrogen-bond donors (Lipinski definition) is 0. The van der Waals surface area contributed by atoms with Crippen molar-refractivity contribution in [3.8, 4) is 11.4 Å². The first-order valence-corrected chi connectivity index (χ1v) is 12.8. The Morgan fingerprint density at radius 1 is 0.914 bits per heavy atom. The number of hydrogen-bond acceptors (Lipinski definition) is 7. The van der Waals surface area contributed by atoms with Gasteiger partial charge in [0.05, 0.1) is 16.7 Å². The largest absolute Gasteiger partial charge is 0.372 e. The molecule has 10 heteroatoms. The van der Waals surface area contributed by atoms with Crippen LogP contribution in [0.25, 0.3) is 28.1 Å². The fourth-order valence-corrected chi connectivity index (χ4v) is 5.25. The Hall–Kier alpha value is -3.66. The Morgan fingerprint density at radius 3 is 2.37 bits per heavy atom. The molecule has 0 fully saturated rings. The number of rotatable bonds is 8. The van der Waals surface area contributed by atoms with Crippen LogP contribution in [0.4, 0.5) is 5.69 Å². The summed E-state index contributed by atoms with van der Waals surface area (Å²) < 4.78 is 5.63. The van der Waals surface area contributed by atoms with Crippen molar-refractivity contribution in [2.75, 3.05) is 18.0 Å². The van der Waals surface area contributed by atoms with Crippen molar-refractivity contribution >= 4 is 34.1 Å². The highest BCUT2D eigenvalue weighted by Gasteiger charge is 2.18. The molecule has 5 rings (SSSR count). The van der Waals surface area contributed by atoms with Gasteiger partial charge in [0, 0.05) is 37.9 Å². The molecule has 0 aliphatic carbocycles. The number of nitrogens with zero attached hydrogens (tertiary/aromatic N) is 8. The molecule has 0 spiro atoms. The van der Waals surface area contributed by atoms with E-state index in [1.54, 1.807) is 16.3 Å². The zero-order valence-electron chi connectivity index (χ0n) is 20.3. The summed E-state index contributed by atoms with van der Waals surface area (Å²) in [5.74, 6) is 2.67. The predicted molar refractivity (Wildman–Crippen MR) is 140 cm³/mol. The van der Waals surface area contributed by atoms with E-state index in [9.17, 15) is 4.79 Å². The van der Waals surface area contributed by atoms with Gasteiger partial charge in [-0.05, 0) is 57.2 Å². The molecule has 180 valence electrons. The lowest BCUT2D eigenvalue weighted by molar-refractivity contribution is 0.735. The van der Waals surface area contributed by atoms with Gasteiger partial charge < -0.3 is 9.47 Å². The maximum Gasteiger partial charge on any atom is 0.262 e. The quantitative estimate of drug-likeness (QED) is 0.305. The number of fused-ring (bicyclic) bond motifs is 3. The van der Waals surface area contributed by atoms with Crippen molar-refractivity contribution in [3.63, 3.8) is 0 Å². The van der Waals surface area contributed by atoms with Gasteiger partial charge in [0.25, 0.3) is 5.56 Å². The molecule has 0 aliphatic heterocycles. The van der Waals surface area contributed by atoms with E-state index in [1.165, 1.54) is 5.69 Å². The Labute approximate surface area is 207 Å². The molecule has 3 aromatic heterocycles. The van der Waals surface area contributed by atoms with Crippen LogP contribution in [0.5, 0.6) is 0 Å². The van der Waals surface area contributed by atoms with Crippen molar-refractivity contribution in [2.24, 2.45) is 7.05 Å². The molecule has 0 bridgehead atoms. The average Bonchev–Trinajstić information content (AvgIpc) is 3.48. The minimum atomic E-state index is -0.0489. The lowest BCUT2D eigenvalue weighted by Crippen LogP contribution is -2.22. The highest BCUT2D eigenvalue weighted by molar-refractivity contribution is 7.98. The first-order chi connectivity index (χ1) is 17.1. The second-order valence-corrected chi connectivity index (χ2v) is 9.13. The van der Waals surface area contributed by atoms with Gasteiger partial charge in [-0.25, -0.2) is 0 Å². The zero-order valence-corrected chi connectivity index (χ0v) is 21.2. The summed E-state index contributed by atoms with van der Waals surface area (Å²) in [7, 11) is 1.97. The molecule has 0 N–H and O–H groups in total. The van der Waals surface area contributed by atoms with Gasteiger partial charge >= 0.3 is 0 Å². The third-order valence-electron chi connectivity index (χ3n) is 6.31. The topological polar surface area (TPSA) is 86.1 Å². The summed E-state index contributed by atoms with van der Waals surface area (Å²) in [5, 5.41) is 19.1. The summed E-state index contributed by atoms with van der Waals surface area (Å²) in [5.41, 5.74) is 2.98. The summed E-state index contributed by atoms with van der Waals surface area (Å²) in [6.45, 7) is 8.73. The van der Waals surface area contributed by atoms with Crippen LogP contribution in [0, 0.1) is 0 Å². The Bertz CT molecular complexity index is 1550. The molecular weight excluding hydrogens is 460 g/mol. The molecule has 0 aliphatic rings. The Morgan fingerprint density at radius 2 is 1.66 bits per heavy atom. The molecule has 0 atom stereocenters. The van der Waals surface area contributed by atoms with E-state index in [-0.39, 0.29) is 5.56 Å². The second kappa shape index (κ2) is 9.53. The van der Waals surface area contributed by atoms with Crippen LogP contribution in [-0.4, -0.2) is 47.0 Å².